The predicted molar refractivity (Wildman–Crippen MR) is 76.6 cm³/mol. The summed E-state index contributed by atoms with van der Waals surface area (Å²) < 4.78 is 0. The smallest absolute Gasteiger partial charge is 0.211 e. The summed E-state index contributed by atoms with van der Waals surface area (Å²) in [7, 11) is 0. The van der Waals surface area contributed by atoms with E-state index in [1.165, 1.54) is 50.7 Å². The van der Waals surface area contributed by atoms with E-state index in [2.05, 4.69) is 16.9 Å². The van der Waals surface area contributed by atoms with Crippen LogP contribution in [0.4, 0.5) is 0 Å². The lowest BCUT2D eigenvalue weighted by Gasteiger charge is -2.37. The molecule has 0 bridgehead atoms. The van der Waals surface area contributed by atoms with Crippen LogP contribution in [-0.2, 0) is 9.59 Å². The van der Waals surface area contributed by atoms with Gasteiger partial charge in [-0.25, -0.2) is 9.59 Å². The van der Waals surface area contributed by atoms with Crippen LogP contribution in [0.2, 0.25) is 0 Å². The first kappa shape index (κ1) is 15.2. The monoisotopic (exact) mass is 276 g/mol. The van der Waals surface area contributed by atoms with Crippen LogP contribution >= 0.6 is 0 Å². The molecule has 4 heteroatoms. The first-order valence-electron chi connectivity index (χ1n) is 7.88. The Morgan fingerprint density at radius 1 is 0.800 bits per heavy atom. The van der Waals surface area contributed by atoms with Crippen molar-refractivity contribution in [1.82, 2.24) is 0 Å². The van der Waals surface area contributed by atoms with E-state index in [0.717, 1.165) is 30.6 Å². The van der Waals surface area contributed by atoms with Crippen LogP contribution in [0.1, 0.15) is 58.3 Å². The summed E-state index contributed by atoms with van der Waals surface area (Å²) in [4.78, 5) is 28.1. The van der Waals surface area contributed by atoms with E-state index in [-0.39, 0.29) is 5.92 Å². The summed E-state index contributed by atoms with van der Waals surface area (Å²) in [6.07, 6.45) is 12.4. The molecule has 0 saturated heterocycles. The highest BCUT2D eigenvalue weighted by Gasteiger charge is 2.32. The van der Waals surface area contributed by atoms with Gasteiger partial charge in [0.25, 0.3) is 0 Å². The van der Waals surface area contributed by atoms with Gasteiger partial charge in [0.05, 0.1) is 0 Å². The number of carbonyl (C=O) groups excluding carboxylic acids is 2. The molecule has 2 rings (SSSR count). The second-order valence-electron chi connectivity index (χ2n) is 6.55. The summed E-state index contributed by atoms with van der Waals surface area (Å²) in [6, 6.07) is 0. The molecule has 0 aromatic heterocycles. The van der Waals surface area contributed by atoms with E-state index in [1.54, 1.807) is 0 Å². The minimum atomic E-state index is -0.544. The molecule has 0 unspecified atom stereocenters. The Balaban J connectivity index is 1.85. The average Bonchev–Trinajstić information content (AvgIpc) is 2.48. The van der Waals surface area contributed by atoms with Gasteiger partial charge in [-0.1, -0.05) is 19.8 Å². The molecule has 2 aliphatic rings. The summed E-state index contributed by atoms with van der Waals surface area (Å²) in [5.74, 6) is 2.82. The van der Waals surface area contributed by atoms with E-state index in [9.17, 15) is 9.59 Å². The van der Waals surface area contributed by atoms with Crippen LogP contribution < -0.4 is 0 Å². The van der Waals surface area contributed by atoms with Crippen molar-refractivity contribution in [3.8, 4) is 0 Å². The van der Waals surface area contributed by atoms with E-state index >= 15 is 0 Å². The van der Waals surface area contributed by atoms with E-state index in [4.69, 9.17) is 0 Å². The maximum absolute atomic E-state index is 10.4. The zero-order valence-electron chi connectivity index (χ0n) is 12.3. The molecule has 0 atom stereocenters. The third-order valence-electron chi connectivity index (χ3n) is 5.34. The molecule has 0 spiro atoms. The van der Waals surface area contributed by atoms with Crippen LogP contribution in [-0.4, -0.2) is 18.3 Å². The summed E-state index contributed by atoms with van der Waals surface area (Å²) >= 11 is 0. The van der Waals surface area contributed by atoms with E-state index in [1.807, 2.05) is 0 Å². The zero-order valence-corrected chi connectivity index (χ0v) is 12.3. The fourth-order valence-corrected chi connectivity index (χ4v) is 4.02. The molecule has 4 nitrogen and oxygen atoms in total. The first-order chi connectivity index (χ1) is 9.74. The molecule has 2 aliphatic carbocycles. The quantitative estimate of drug-likeness (QED) is 0.581. The van der Waals surface area contributed by atoms with Crippen molar-refractivity contribution in [3.63, 3.8) is 0 Å². The van der Waals surface area contributed by atoms with Gasteiger partial charge >= 0.3 is 0 Å². The second-order valence-corrected chi connectivity index (χ2v) is 6.55. The van der Waals surface area contributed by atoms with Gasteiger partial charge in [-0.2, -0.15) is 9.98 Å². The van der Waals surface area contributed by atoms with E-state index < -0.39 is 6.17 Å². The van der Waals surface area contributed by atoms with E-state index in [0.29, 0.717) is 0 Å². The molecule has 0 radical (unpaired) electrons. The third-order valence-corrected chi connectivity index (χ3v) is 5.34. The van der Waals surface area contributed by atoms with Gasteiger partial charge in [-0.3, -0.25) is 0 Å². The summed E-state index contributed by atoms with van der Waals surface area (Å²) in [5, 5.41) is 0. The van der Waals surface area contributed by atoms with Crippen LogP contribution in [0, 0.1) is 23.7 Å². The van der Waals surface area contributed by atoms with Gasteiger partial charge in [0.15, 0.2) is 6.17 Å². The molecule has 110 valence electrons. The Hall–Kier alpha value is -1.24. The highest BCUT2D eigenvalue weighted by Crippen LogP contribution is 2.42. The Morgan fingerprint density at radius 3 is 1.70 bits per heavy atom. The molecule has 0 aromatic carbocycles. The molecule has 2 saturated carbocycles. The minimum Gasteiger partial charge on any atom is -0.211 e. The molecule has 0 aromatic rings. The van der Waals surface area contributed by atoms with Crippen molar-refractivity contribution < 1.29 is 9.59 Å². The molecular formula is C16H24N2O2. The summed E-state index contributed by atoms with van der Waals surface area (Å²) in [5.41, 5.74) is 0. The Bertz CT molecular complexity index is 377. The number of hydrogen-bond acceptors (Lipinski definition) is 4. The lowest BCUT2D eigenvalue weighted by atomic mass is 9.69. The van der Waals surface area contributed by atoms with Crippen molar-refractivity contribution in [2.24, 2.45) is 33.7 Å². The number of hydrogen-bond donors (Lipinski definition) is 0. The fraction of sp³-hybridized carbons (Fsp3) is 0.875. The molecular weight excluding hydrogens is 252 g/mol. The van der Waals surface area contributed by atoms with Crippen molar-refractivity contribution >= 4 is 12.2 Å². The predicted octanol–water partition coefficient (Wildman–Crippen LogP) is 3.62. The van der Waals surface area contributed by atoms with Gasteiger partial charge < -0.3 is 0 Å². The third kappa shape index (κ3) is 3.88. The van der Waals surface area contributed by atoms with Crippen LogP contribution in [0.5, 0.6) is 0 Å². The lowest BCUT2D eigenvalue weighted by Crippen LogP contribution is -2.28. The van der Waals surface area contributed by atoms with Gasteiger partial charge in [-0.15, -0.1) is 0 Å². The molecule has 20 heavy (non-hydrogen) atoms. The van der Waals surface area contributed by atoms with Gasteiger partial charge in [-0.05, 0) is 56.3 Å². The molecule has 2 fully saturated rings. The summed E-state index contributed by atoms with van der Waals surface area (Å²) in [6.45, 7) is 2.35. The van der Waals surface area contributed by atoms with Crippen LogP contribution in [0.3, 0.4) is 0 Å². The largest absolute Gasteiger partial charge is 0.237 e. The number of rotatable bonds is 4. The lowest BCUT2D eigenvalue weighted by molar-refractivity contribution is 0.143. The topological polar surface area (TPSA) is 58.9 Å². The molecule has 0 aliphatic heterocycles. The highest BCUT2D eigenvalue weighted by molar-refractivity contribution is 5.37. The highest BCUT2D eigenvalue weighted by atomic mass is 16.1. The number of aliphatic imine (C=N–C) groups is 2. The zero-order chi connectivity index (χ0) is 14.4. The maximum atomic E-state index is 10.4. The van der Waals surface area contributed by atoms with Crippen molar-refractivity contribution in [2.45, 2.75) is 64.5 Å². The maximum Gasteiger partial charge on any atom is 0.237 e. The second kappa shape index (κ2) is 7.52. The van der Waals surface area contributed by atoms with Crippen LogP contribution in [0.25, 0.3) is 0 Å². The molecule has 0 heterocycles. The standard InChI is InChI=1S/C16H24N2O2/c1-12-2-4-13(5-3-12)14-6-8-15(9-7-14)16(17-10-19)18-11-20/h12-16H,2-9H2,1H3. The van der Waals surface area contributed by atoms with Gasteiger partial charge in [0.1, 0.15) is 0 Å². The Morgan fingerprint density at radius 2 is 1.25 bits per heavy atom. The normalized spacial score (nSPS) is 35.5. The van der Waals surface area contributed by atoms with Crippen molar-refractivity contribution in [2.75, 3.05) is 0 Å². The van der Waals surface area contributed by atoms with Crippen molar-refractivity contribution in [1.29, 1.82) is 0 Å². The molecule has 0 N–H and O–H groups in total. The van der Waals surface area contributed by atoms with Gasteiger partial charge in [0, 0.05) is 5.92 Å². The first-order valence-corrected chi connectivity index (χ1v) is 7.88. The molecule has 0 amide bonds. The van der Waals surface area contributed by atoms with Crippen LogP contribution in [0.15, 0.2) is 9.98 Å². The Kier molecular flexibility index (Phi) is 5.70. The number of isocyanates is 2. The van der Waals surface area contributed by atoms with Gasteiger partial charge in [0.2, 0.25) is 12.2 Å². The SMILES string of the molecule is CC1CCC(C2CCC(C(N=C=O)N=C=O)CC2)CC1. The Labute approximate surface area is 120 Å². The number of nitrogens with zero attached hydrogens (tertiary/aromatic N) is 2. The fourth-order valence-electron chi connectivity index (χ4n) is 4.02. The minimum absolute atomic E-state index is 0.219. The average molecular weight is 276 g/mol. The van der Waals surface area contributed by atoms with Crippen molar-refractivity contribution in [3.05, 3.63) is 0 Å².